The van der Waals surface area contributed by atoms with Crippen LogP contribution in [0.2, 0.25) is 0 Å². The first kappa shape index (κ1) is 86.0. The summed E-state index contributed by atoms with van der Waals surface area (Å²) < 4.78 is 7.22. The number of hydrogen-bond acceptors (Lipinski definition) is 9. The second-order valence-electron chi connectivity index (χ2n) is 39.2. The van der Waals surface area contributed by atoms with Crippen molar-refractivity contribution in [3.8, 4) is 164 Å². The van der Waals surface area contributed by atoms with E-state index in [4.69, 9.17) is 44.9 Å². The average Bonchev–Trinajstić information content (AvgIpc) is 1.55. The van der Waals surface area contributed by atoms with Gasteiger partial charge in [-0.25, -0.2) is 44.9 Å². The Morgan fingerprint density at radius 2 is 0.375 bits per heavy atom. The molecular formula is C132H94N12. The van der Waals surface area contributed by atoms with Gasteiger partial charge in [0.1, 0.15) is 0 Å². The van der Waals surface area contributed by atoms with Crippen LogP contribution in [0.15, 0.2) is 461 Å². The Morgan fingerprint density at radius 1 is 0.139 bits per heavy atom. The van der Waals surface area contributed by atoms with Gasteiger partial charge in [0.25, 0.3) is 0 Å². The van der Waals surface area contributed by atoms with Crippen LogP contribution < -0.4 is 0 Å². The molecule has 0 aliphatic heterocycles. The number of benzene rings is 19. The molecule has 0 saturated carbocycles. The van der Waals surface area contributed by atoms with Crippen molar-refractivity contribution >= 4 is 65.4 Å². The summed E-state index contributed by atoms with van der Waals surface area (Å²) in [5.41, 5.74) is 37.2. The Balaban J connectivity index is 0.000000110. The van der Waals surface area contributed by atoms with Crippen LogP contribution in [0.3, 0.4) is 0 Å². The van der Waals surface area contributed by atoms with Crippen LogP contribution in [0, 0.1) is 0 Å². The van der Waals surface area contributed by atoms with E-state index in [-0.39, 0.29) is 16.2 Å². The molecule has 25 aromatic rings. The fourth-order valence-corrected chi connectivity index (χ4v) is 22.3. The first-order chi connectivity index (χ1) is 70.6. The van der Waals surface area contributed by atoms with E-state index in [0.29, 0.717) is 52.4 Å². The molecule has 0 radical (unpaired) electrons. The third-order valence-electron chi connectivity index (χ3n) is 29.5. The van der Waals surface area contributed by atoms with Crippen molar-refractivity contribution in [1.29, 1.82) is 0 Å². The zero-order valence-electron chi connectivity index (χ0n) is 80.2. The molecule has 0 fully saturated rings. The van der Waals surface area contributed by atoms with E-state index in [9.17, 15) is 0 Å². The summed E-state index contributed by atoms with van der Waals surface area (Å²) in [7, 11) is 0. The van der Waals surface area contributed by atoms with Crippen LogP contribution >= 0.6 is 0 Å². The molecule has 682 valence electrons. The summed E-state index contributed by atoms with van der Waals surface area (Å²) in [6, 6.07) is 163. The molecule has 0 saturated heterocycles. The average molecular weight is 1850 g/mol. The monoisotopic (exact) mass is 1850 g/mol. The molecule has 0 N–H and O–H groups in total. The molecule has 6 aromatic heterocycles. The molecule has 144 heavy (non-hydrogen) atoms. The maximum absolute atomic E-state index is 5.06. The van der Waals surface area contributed by atoms with Gasteiger partial charge in [0.2, 0.25) is 0 Å². The topological polar surface area (TPSA) is 131 Å². The van der Waals surface area contributed by atoms with E-state index < -0.39 is 0 Å². The summed E-state index contributed by atoms with van der Waals surface area (Å²) >= 11 is 0. The quantitative estimate of drug-likeness (QED) is 0.111. The summed E-state index contributed by atoms with van der Waals surface area (Å²) in [4.78, 5) is 44.7. The highest BCUT2D eigenvalue weighted by molar-refractivity contribution is 6.15. The van der Waals surface area contributed by atoms with Crippen LogP contribution in [0.25, 0.3) is 229 Å². The zero-order chi connectivity index (χ0) is 96.5. The molecule has 19 aromatic carbocycles. The largest absolute Gasteiger partial charge is 0.309 e. The van der Waals surface area contributed by atoms with E-state index in [1.54, 1.807) is 0 Å². The lowest BCUT2D eigenvalue weighted by Crippen LogP contribution is -2.15. The summed E-state index contributed by atoms with van der Waals surface area (Å²) in [5.74, 6) is 5.87. The third-order valence-corrected chi connectivity index (χ3v) is 29.5. The highest BCUT2D eigenvalue weighted by atomic mass is 15.1. The van der Waals surface area contributed by atoms with Crippen LogP contribution in [0.1, 0.15) is 74.9 Å². The lowest BCUT2D eigenvalue weighted by molar-refractivity contribution is 0.661. The smallest absolute Gasteiger partial charge is 0.164 e. The number of nitrogens with zero attached hydrogens (tertiary/aromatic N) is 12. The molecule has 0 atom stereocenters. The van der Waals surface area contributed by atoms with Gasteiger partial charge < -0.3 is 13.7 Å². The Kier molecular flexibility index (Phi) is 20.7. The van der Waals surface area contributed by atoms with Gasteiger partial charge in [0.05, 0.1) is 33.1 Å². The standard InChI is InChI=1S/C48H34N4.2C42H30N4/c1-48(2)41-24-13-12-23-37(41)39-29-40-38-26-25-34(31-15-6-3-7-16-31)28-43(38)52(44(40)30-42(39)48)36-22-14-21-35(27-36)47-50-45(32-17-8-4-9-18-32)49-46(51-47)33-19-10-5-11-20-33;1-42(2)35-22-11-9-20-31(35)33-25-34-32-21-10-12-23-37(32)46(38(34)26-36(33)42)30-19-13-18-29(24-30)41-44-39(27-14-5-3-6-15-27)43-40(45-41)28-16-7-4-8-17-28;1-42(2)35-19-11-9-17-31(35)33-25-34-32-18-10-12-20-37(32)46(38(34)26-36(33)42)30-23-21-29(22-24-30)41-44-39(27-13-5-3-6-14-27)43-40(45-41)28-15-7-4-8-16-28/h3-30H,1-2H3;2*3-26H,1-2H3. The van der Waals surface area contributed by atoms with Gasteiger partial charge in [-0.3, -0.25) is 0 Å². The van der Waals surface area contributed by atoms with Crippen molar-refractivity contribution in [2.75, 3.05) is 0 Å². The van der Waals surface area contributed by atoms with Gasteiger partial charge in [0, 0.05) is 116 Å². The van der Waals surface area contributed by atoms with Crippen LogP contribution in [-0.4, -0.2) is 58.6 Å². The molecule has 0 unspecified atom stereocenters. The molecule has 28 rings (SSSR count). The van der Waals surface area contributed by atoms with E-state index in [0.717, 1.165) is 72.6 Å². The summed E-state index contributed by atoms with van der Waals surface area (Å²) in [6.07, 6.45) is 0. The van der Waals surface area contributed by atoms with Gasteiger partial charge in [-0.2, -0.15) is 0 Å². The second kappa shape index (κ2) is 34.6. The van der Waals surface area contributed by atoms with Crippen molar-refractivity contribution in [1.82, 2.24) is 58.6 Å². The summed E-state index contributed by atoms with van der Waals surface area (Å²) in [6.45, 7) is 14.1. The first-order valence-electron chi connectivity index (χ1n) is 49.2. The lowest BCUT2D eigenvalue weighted by Gasteiger charge is -2.21. The van der Waals surface area contributed by atoms with Crippen LogP contribution in [-0.2, 0) is 16.2 Å². The molecule has 12 heteroatoms. The van der Waals surface area contributed by atoms with Crippen molar-refractivity contribution in [2.24, 2.45) is 0 Å². The molecule has 3 aliphatic rings. The normalized spacial score (nSPS) is 13.1. The van der Waals surface area contributed by atoms with Crippen molar-refractivity contribution < 1.29 is 0 Å². The van der Waals surface area contributed by atoms with Crippen LogP contribution in [0.5, 0.6) is 0 Å². The second-order valence-corrected chi connectivity index (χ2v) is 39.2. The highest BCUT2D eigenvalue weighted by Gasteiger charge is 2.40. The Labute approximate surface area is 834 Å². The van der Waals surface area contributed by atoms with Crippen molar-refractivity contribution in [2.45, 2.75) is 57.8 Å². The molecular weight excluding hydrogens is 1750 g/mol. The number of rotatable bonds is 13. The Hall–Kier alpha value is -18.4. The molecule has 3 aliphatic carbocycles. The highest BCUT2D eigenvalue weighted by Crippen LogP contribution is 2.56. The van der Waals surface area contributed by atoms with Gasteiger partial charge in [0.15, 0.2) is 52.4 Å². The minimum absolute atomic E-state index is 0.0726. The number of aromatic nitrogens is 12. The molecule has 12 nitrogen and oxygen atoms in total. The van der Waals surface area contributed by atoms with E-state index >= 15 is 0 Å². The van der Waals surface area contributed by atoms with E-state index in [1.165, 1.54) is 138 Å². The van der Waals surface area contributed by atoms with E-state index in [2.05, 4.69) is 334 Å². The van der Waals surface area contributed by atoms with Gasteiger partial charge >= 0.3 is 0 Å². The zero-order valence-corrected chi connectivity index (χ0v) is 80.2. The van der Waals surface area contributed by atoms with Crippen LogP contribution in [0.4, 0.5) is 0 Å². The number of para-hydroxylation sites is 2. The molecule has 6 heterocycles. The van der Waals surface area contributed by atoms with Gasteiger partial charge in [-0.1, -0.05) is 399 Å². The minimum atomic E-state index is -0.120. The molecule has 0 amide bonds. The third kappa shape index (κ3) is 14.7. The Bertz CT molecular complexity index is 9210. The number of hydrogen-bond donors (Lipinski definition) is 0. The maximum atomic E-state index is 5.06. The fourth-order valence-electron chi connectivity index (χ4n) is 22.3. The Morgan fingerprint density at radius 3 is 0.701 bits per heavy atom. The fraction of sp³-hybridized carbons (Fsp3) is 0.0682. The van der Waals surface area contributed by atoms with Crippen molar-refractivity contribution in [3.05, 3.63) is 494 Å². The van der Waals surface area contributed by atoms with Gasteiger partial charge in [-0.15, -0.1) is 0 Å². The SMILES string of the molecule is CC1(C)c2ccccc2-c2cc3c4ccc(-c5ccccc5)cc4n(-c4cccc(-c5nc(-c6ccccc6)nc(-c6ccccc6)n5)c4)c3cc21.CC1(C)c2ccccc2-c2cc3c4ccccc4n(-c4ccc(-c5nc(-c6ccccc6)nc(-c6ccccc6)n5)cc4)c3cc21.CC1(C)c2ccccc2-c2cc3c4ccccc4n(-c4cccc(-c5nc(-c6ccccc6)nc(-c6ccccc6)n5)c4)c3cc21. The lowest BCUT2D eigenvalue weighted by atomic mass is 9.82. The predicted molar refractivity (Wildman–Crippen MR) is 590 cm³/mol. The van der Waals surface area contributed by atoms with E-state index in [1.807, 2.05) is 182 Å². The van der Waals surface area contributed by atoms with Crippen molar-refractivity contribution in [3.63, 3.8) is 0 Å². The predicted octanol–water partition coefficient (Wildman–Crippen LogP) is 32.5. The number of fused-ring (bicyclic) bond motifs is 18. The van der Waals surface area contributed by atoms with Gasteiger partial charge in [-0.05, 0) is 181 Å². The minimum Gasteiger partial charge on any atom is -0.309 e. The molecule has 0 bridgehead atoms. The maximum Gasteiger partial charge on any atom is 0.164 e. The summed E-state index contributed by atoms with van der Waals surface area (Å²) in [5, 5.41) is 7.48. The first-order valence-corrected chi connectivity index (χ1v) is 49.2. The molecule has 0 spiro atoms.